The van der Waals surface area contributed by atoms with Crippen LogP contribution in [0.2, 0.25) is 0 Å². The van der Waals surface area contributed by atoms with Gasteiger partial charge in [-0.05, 0) is 55.2 Å². The lowest BCUT2D eigenvalue weighted by molar-refractivity contribution is -0.119. The third-order valence-corrected chi connectivity index (χ3v) is 6.61. The molecule has 0 saturated heterocycles. The number of thiazole rings is 1. The number of aryl methyl sites for hydroxylation is 3. The van der Waals surface area contributed by atoms with Crippen molar-refractivity contribution in [2.75, 3.05) is 11.9 Å². The highest BCUT2D eigenvalue weighted by Gasteiger charge is 2.13. The quantitative estimate of drug-likeness (QED) is 0.334. The highest BCUT2D eigenvalue weighted by Crippen LogP contribution is 2.24. The Morgan fingerprint density at radius 3 is 2.32 bits per heavy atom. The number of hydrogen-bond acceptors (Lipinski definition) is 6. The molecule has 0 unspecified atom stereocenters. The number of rotatable bonds is 9. The number of thioether (sulfide) groups is 1. The molecular formula is C24H26N2O3S2. The topological polar surface area (TPSA) is 68.3 Å². The number of para-hydroxylation sites is 1. The average Bonchev–Trinajstić information content (AvgIpc) is 3.21. The fraction of sp³-hybridized carbons (Fsp3) is 0.292. The number of anilines is 1. The predicted molar refractivity (Wildman–Crippen MR) is 127 cm³/mol. The van der Waals surface area contributed by atoms with Crippen LogP contribution in [-0.4, -0.2) is 23.5 Å². The monoisotopic (exact) mass is 454 g/mol. The second kappa shape index (κ2) is 11.1. The summed E-state index contributed by atoms with van der Waals surface area (Å²) < 4.78 is 5.21. The highest BCUT2D eigenvalue weighted by molar-refractivity contribution is 7.98. The SMILES string of the molecule is CCc1cccc(CC)c1NC(=O)COC(=O)c1ccc(SCc2csc(C)n2)cc1. The number of aromatic nitrogens is 1. The number of hydrogen-bond donors (Lipinski definition) is 1. The molecule has 3 rings (SSSR count). The van der Waals surface area contributed by atoms with Gasteiger partial charge in [0.1, 0.15) is 0 Å². The normalized spacial score (nSPS) is 10.7. The van der Waals surface area contributed by atoms with Gasteiger partial charge in [-0.1, -0.05) is 32.0 Å². The Hall–Kier alpha value is -2.64. The van der Waals surface area contributed by atoms with Crippen molar-refractivity contribution < 1.29 is 14.3 Å². The van der Waals surface area contributed by atoms with Gasteiger partial charge < -0.3 is 10.1 Å². The molecule has 0 aliphatic carbocycles. The van der Waals surface area contributed by atoms with E-state index in [1.807, 2.05) is 51.1 Å². The number of ether oxygens (including phenoxy) is 1. The standard InChI is InChI=1S/C24H26N2O3S2/c1-4-17-7-6-8-18(5-2)23(17)26-22(27)13-29-24(28)19-9-11-21(12-10-19)31-15-20-14-30-16(3)25-20/h6-12,14H,4-5,13,15H2,1-3H3,(H,26,27). The number of nitrogens with zero attached hydrogens (tertiary/aromatic N) is 1. The van der Waals surface area contributed by atoms with Crippen molar-refractivity contribution in [2.45, 2.75) is 44.3 Å². The maximum atomic E-state index is 12.4. The summed E-state index contributed by atoms with van der Waals surface area (Å²) in [4.78, 5) is 30.2. The van der Waals surface area contributed by atoms with Crippen LogP contribution < -0.4 is 5.32 Å². The summed E-state index contributed by atoms with van der Waals surface area (Å²) in [6.45, 7) is 5.76. The number of esters is 1. The van der Waals surface area contributed by atoms with Crippen LogP contribution in [0.4, 0.5) is 5.69 Å². The molecule has 31 heavy (non-hydrogen) atoms. The second-order valence-electron chi connectivity index (χ2n) is 6.95. The summed E-state index contributed by atoms with van der Waals surface area (Å²) in [5, 5.41) is 6.02. The van der Waals surface area contributed by atoms with E-state index in [0.717, 1.165) is 51.0 Å². The first kappa shape index (κ1) is 23.0. The largest absolute Gasteiger partial charge is 0.452 e. The zero-order chi connectivity index (χ0) is 22.2. The number of benzene rings is 2. The number of carbonyl (C=O) groups is 2. The maximum Gasteiger partial charge on any atom is 0.338 e. The zero-order valence-corrected chi connectivity index (χ0v) is 19.6. The van der Waals surface area contributed by atoms with Crippen molar-refractivity contribution in [1.29, 1.82) is 0 Å². The summed E-state index contributed by atoms with van der Waals surface area (Å²) in [6.07, 6.45) is 1.63. The molecule has 1 amide bonds. The Kier molecular flexibility index (Phi) is 8.26. The minimum atomic E-state index is -0.513. The van der Waals surface area contributed by atoms with Gasteiger partial charge in [-0.25, -0.2) is 9.78 Å². The first-order chi connectivity index (χ1) is 15.0. The van der Waals surface area contributed by atoms with E-state index in [9.17, 15) is 9.59 Å². The van der Waals surface area contributed by atoms with Crippen LogP contribution in [0.1, 0.15) is 46.0 Å². The average molecular weight is 455 g/mol. The van der Waals surface area contributed by atoms with Gasteiger partial charge >= 0.3 is 5.97 Å². The lowest BCUT2D eigenvalue weighted by Crippen LogP contribution is -2.22. The number of nitrogens with one attached hydrogen (secondary N) is 1. The van der Waals surface area contributed by atoms with E-state index in [0.29, 0.717) is 5.56 Å². The summed E-state index contributed by atoms with van der Waals surface area (Å²) in [5.74, 6) is -0.0659. The van der Waals surface area contributed by atoms with E-state index in [2.05, 4.69) is 15.7 Å². The molecule has 1 aromatic heterocycles. The van der Waals surface area contributed by atoms with Crippen LogP contribution in [0.25, 0.3) is 0 Å². The fourth-order valence-corrected chi connectivity index (χ4v) is 4.62. The van der Waals surface area contributed by atoms with Crippen molar-refractivity contribution in [3.05, 3.63) is 75.2 Å². The molecule has 0 radical (unpaired) electrons. The molecule has 0 spiro atoms. The lowest BCUT2D eigenvalue weighted by Gasteiger charge is -2.14. The Bertz CT molecular complexity index is 1020. The molecule has 2 aromatic carbocycles. The van der Waals surface area contributed by atoms with Crippen molar-refractivity contribution in [3.63, 3.8) is 0 Å². The van der Waals surface area contributed by atoms with E-state index in [1.165, 1.54) is 0 Å². The van der Waals surface area contributed by atoms with E-state index in [-0.39, 0.29) is 12.5 Å². The first-order valence-corrected chi connectivity index (χ1v) is 12.1. The van der Waals surface area contributed by atoms with E-state index < -0.39 is 5.97 Å². The Morgan fingerprint density at radius 2 is 1.74 bits per heavy atom. The van der Waals surface area contributed by atoms with Crippen LogP contribution in [0.3, 0.4) is 0 Å². The molecule has 162 valence electrons. The van der Waals surface area contributed by atoms with Crippen molar-refractivity contribution in [2.24, 2.45) is 0 Å². The van der Waals surface area contributed by atoms with Gasteiger partial charge in [-0.15, -0.1) is 23.1 Å². The minimum Gasteiger partial charge on any atom is -0.452 e. The fourth-order valence-electron chi connectivity index (χ4n) is 3.11. The van der Waals surface area contributed by atoms with Gasteiger partial charge in [0, 0.05) is 21.7 Å². The molecule has 0 bridgehead atoms. The minimum absolute atomic E-state index is 0.320. The molecule has 0 saturated carbocycles. The van der Waals surface area contributed by atoms with Gasteiger partial charge in [0.2, 0.25) is 0 Å². The van der Waals surface area contributed by atoms with Gasteiger partial charge in [-0.2, -0.15) is 0 Å². The van der Waals surface area contributed by atoms with E-state index in [4.69, 9.17) is 4.74 Å². The van der Waals surface area contributed by atoms with Gasteiger partial charge in [0.05, 0.1) is 16.3 Å². The molecule has 1 heterocycles. The summed E-state index contributed by atoms with van der Waals surface area (Å²) >= 11 is 3.30. The Balaban J connectivity index is 1.52. The van der Waals surface area contributed by atoms with Crippen LogP contribution in [-0.2, 0) is 28.1 Å². The molecule has 0 aliphatic rings. The first-order valence-electron chi connectivity index (χ1n) is 10.2. The van der Waals surface area contributed by atoms with Crippen LogP contribution >= 0.6 is 23.1 Å². The highest BCUT2D eigenvalue weighted by atomic mass is 32.2. The molecule has 0 aliphatic heterocycles. The van der Waals surface area contributed by atoms with Gasteiger partial charge in [0.15, 0.2) is 6.61 Å². The molecule has 7 heteroatoms. The smallest absolute Gasteiger partial charge is 0.338 e. The van der Waals surface area contributed by atoms with Crippen LogP contribution in [0.5, 0.6) is 0 Å². The third kappa shape index (κ3) is 6.42. The number of amides is 1. The van der Waals surface area contributed by atoms with Gasteiger partial charge in [-0.3, -0.25) is 4.79 Å². The number of carbonyl (C=O) groups excluding carboxylic acids is 2. The summed E-state index contributed by atoms with van der Waals surface area (Å²) in [7, 11) is 0. The van der Waals surface area contributed by atoms with Crippen LogP contribution in [0.15, 0.2) is 52.7 Å². The second-order valence-corrected chi connectivity index (χ2v) is 9.06. The molecule has 3 aromatic rings. The molecule has 1 N–H and O–H groups in total. The molecule has 0 atom stereocenters. The van der Waals surface area contributed by atoms with Crippen LogP contribution in [0, 0.1) is 6.92 Å². The Labute approximate surface area is 191 Å². The summed E-state index contributed by atoms with van der Waals surface area (Å²) in [6, 6.07) is 13.2. The van der Waals surface area contributed by atoms with Crippen molar-refractivity contribution >= 4 is 40.7 Å². The molecule has 0 fully saturated rings. The maximum absolute atomic E-state index is 12.4. The predicted octanol–water partition coefficient (Wildman–Crippen LogP) is 5.66. The molecule has 5 nitrogen and oxygen atoms in total. The van der Waals surface area contributed by atoms with E-state index in [1.54, 1.807) is 35.2 Å². The molecular weight excluding hydrogens is 428 g/mol. The summed E-state index contributed by atoms with van der Waals surface area (Å²) in [5.41, 5.74) is 4.44. The lowest BCUT2D eigenvalue weighted by atomic mass is 10.0. The van der Waals surface area contributed by atoms with Crippen molar-refractivity contribution in [1.82, 2.24) is 4.98 Å². The van der Waals surface area contributed by atoms with Gasteiger partial charge in [0.25, 0.3) is 5.91 Å². The van der Waals surface area contributed by atoms with Crippen molar-refractivity contribution in [3.8, 4) is 0 Å². The van der Waals surface area contributed by atoms with E-state index >= 15 is 0 Å². The zero-order valence-electron chi connectivity index (χ0n) is 17.9. The Morgan fingerprint density at radius 1 is 1.06 bits per heavy atom. The third-order valence-electron chi connectivity index (χ3n) is 4.74.